The largest absolute Gasteiger partial charge is 0.350 e. The number of carbonyl (C=O) groups is 1. The maximum atomic E-state index is 12.2. The fraction of sp³-hybridized carbons (Fsp3) is 0.105. The van der Waals surface area contributed by atoms with Crippen LogP contribution in [0.15, 0.2) is 65.5 Å². The van der Waals surface area contributed by atoms with Crippen molar-refractivity contribution in [1.82, 2.24) is 15.1 Å². The molecule has 0 fully saturated rings. The summed E-state index contributed by atoms with van der Waals surface area (Å²) in [5.74, 6) is -0.314. The summed E-state index contributed by atoms with van der Waals surface area (Å²) in [5.41, 5.74) is 1.78. The van der Waals surface area contributed by atoms with Crippen LogP contribution in [0, 0.1) is 0 Å². The normalized spacial score (nSPS) is 10.5. The Morgan fingerprint density at radius 2 is 1.73 bits per heavy atom. The first-order valence-corrected chi connectivity index (χ1v) is 8.63. The standard InChI is InChI=1S/C19H15Cl2N3O2/c20-14-7-5-13(6-8-14)11-22-18(25)12-24-19(26)10-9-17(23-24)15-3-1-2-4-16(15)21/h1-10H,11-12H2,(H,22,25). The van der Waals surface area contributed by atoms with Gasteiger partial charge in [-0.05, 0) is 29.8 Å². The number of hydrogen-bond acceptors (Lipinski definition) is 3. The number of rotatable bonds is 5. The summed E-state index contributed by atoms with van der Waals surface area (Å²) < 4.78 is 1.12. The van der Waals surface area contributed by atoms with Crippen LogP contribution in [0.2, 0.25) is 10.0 Å². The van der Waals surface area contributed by atoms with Gasteiger partial charge in [0.25, 0.3) is 5.56 Å². The fourth-order valence-corrected chi connectivity index (χ4v) is 2.73. The highest BCUT2D eigenvalue weighted by Crippen LogP contribution is 2.24. The highest BCUT2D eigenvalue weighted by atomic mass is 35.5. The Morgan fingerprint density at radius 3 is 2.46 bits per heavy atom. The molecule has 0 radical (unpaired) electrons. The molecule has 0 spiro atoms. The third-order valence-electron chi connectivity index (χ3n) is 3.71. The van der Waals surface area contributed by atoms with Crippen molar-refractivity contribution in [3.8, 4) is 11.3 Å². The molecule has 1 amide bonds. The monoisotopic (exact) mass is 387 g/mol. The van der Waals surface area contributed by atoms with E-state index in [1.807, 2.05) is 24.3 Å². The molecule has 26 heavy (non-hydrogen) atoms. The summed E-state index contributed by atoms with van der Waals surface area (Å²) in [6.45, 7) is 0.166. The fourth-order valence-electron chi connectivity index (χ4n) is 2.37. The predicted molar refractivity (Wildman–Crippen MR) is 102 cm³/mol. The minimum absolute atomic E-state index is 0.176. The Balaban J connectivity index is 1.72. The van der Waals surface area contributed by atoms with Crippen LogP contribution in [0.25, 0.3) is 11.3 Å². The summed E-state index contributed by atoms with van der Waals surface area (Å²) in [5, 5.41) is 8.17. The highest BCUT2D eigenvalue weighted by Gasteiger charge is 2.09. The summed E-state index contributed by atoms with van der Waals surface area (Å²) in [6, 6.07) is 17.3. The molecular weight excluding hydrogens is 373 g/mol. The lowest BCUT2D eigenvalue weighted by molar-refractivity contribution is -0.122. The number of amides is 1. The molecule has 1 heterocycles. The smallest absolute Gasteiger partial charge is 0.267 e. The van der Waals surface area contributed by atoms with Gasteiger partial charge in [-0.3, -0.25) is 9.59 Å². The van der Waals surface area contributed by atoms with Crippen LogP contribution in [-0.2, 0) is 17.9 Å². The van der Waals surface area contributed by atoms with E-state index >= 15 is 0 Å². The molecule has 1 aromatic heterocycles. The molecule has 0 aliphatic heterocycles. The van der Waals surface area contributed by atoms with E-state index in [0.29, 0.717) is 27.8 Å². The van der Waals surface area contributed by atoms with Crippen molar-refractivity contribution in [3.05, 3.63) is 86.6 Å². The van der Waals surface area contributed by atoms with Crippen LogP contribution in [0.4, 0.5) is 0 Å². The van der Waals surface area contributed by atoms with E-state index in [-0.39, 0.29) is 18.0 Å². The van der Waals surface area contributed by atoms with E-state index in [1.165, 1.54) is 6.07 Å². The van der Waals surface area contributed by atoms with Crippen LogP contribution in [0.5, 0.6) is 0 Å². The second kappa shape index (κ2) is 8.17. The van der Waals surface area contributed by atoms with Gasteiger partial charge in [-0.15, -0.1) is 0 Å². The van der Waals surface area contributed by atoms with E-state index in [1.54, 1.807) is 30.3 Å². The van der Waals surface area contributed by atoms with Crippen LogP contribution < -0.4 is 10.9 Å². The van der Waals surface area contributed by atoms with Gasteiger partial charge in [0, 0.05) is 23.2 Å². The van der Waals surface area contributed by atoms with Crippen molar-refractivity contribution in [2.24, 2.45) is 0 Å². The van der Waals surface area contributed by atoms with Crippen LogP contribution in [0.3, 0.4) is 0 Å². The topological polar surface area (TPSA) is 64.0 Å². The number of hydrogen-bond donors (Lipinski definition) is 1. The van der Waals surface area contributed by atoms with E-state index < -0.39 is 0 Å². The Kier molecular flexibility index (Phi) is 5.71. The number of aromatic nitrogens is 2. The van der Waals surface area contributed by atoms with Gasteiger partial charge >= 0.3 is 0 Å². The van der Waals surface area contributed by atoms with E-state index in [0.717, 1.165) is 10.2 Å². The van der Waals surface area contributed by atoms with Crippen molar-refractivity contribution < 1.29 is 4.79 Å². The van der Waals surface area contributed by atoms with Gasteiger partial charge in [-0.25, -0.2) is 4.68 Å². The average Bonchev–Trinajstić information content (AvgIpc) is 2.64. The molecule has 0 bridgehead atoms. The number of carbonyl (C=O) groups excluding carboxylic acids is 1. The van der Waals surface area contributed by atoms with Gasteiger partial charge < -0.3 is 5.32 Å². The zero-order chi connectivity index (χ0) is 18.5. The van der Waals surface area contributed by atoms with Crippen LogP contribution in [-0.4, -0.2) is 15.7 Å². The molecule has 0 aliphatic carbocycles. The molecule has 3 aromatic rings. The van der Waals surface area contributed by atoms with Gasteiger partial charge in [0.05, 0.1) is 10.7 Å². The third kappa shape index (κ3) is 4.50. The first-order valence-electron chi connectivity index (χ1n) is 7.87. The summed E-state index contributed by atoms with van der Waals surface area (Å²) in [7, 11) is 0. The summed E-state index contributed by atoms with van der Waals surface area (Å²) in [6.07, 6.45) is 0. The maximum absolute atomic E-state index is 12.2. The van der Waals surface area contributed by atoms with Gasteiger partial charge in [0.2, 0.25) is 5.91 Å². The Bertz CT molecular complexity index is 985. The van der Waals surface area contributed by atoms with Crippen LogP contribution >= 0.6 is 23.2 Å². The van der Waals surface area contributed by atoms with Gasteiger partial charge in [-0.1, -0.05) is 53.5 Å². The Labute approximate surface area is 160 Å². The molecule has 5 nitrogen and oxygen atoms in total. The van der Waals surface area contributed by atoms with Crippen LogP contribution in [0.1, 0.15) is 5.56 Å². The zero-order valence-corrected chi connectivity index (χ0v) is 15.2. The number of nitrogens with one attached hydrogen (secondary N) is 1. The van der Waals surface area contributed by atoms with Crippen molar-refractivity contribution in [3.63, 3.8) is 0 Å². The number of nitrogens with zero attached hydrogens (tertiary/aromatic N) is 2. The van der Waals surface area contributed by atoms with Crippen molar-refractivity contribution >= 4 is 29.1 Å². The lowest BCUT2D eigenvalue weighted by atomic mass is 10.1. The lowest BCUT2D eigenvalue weighted by Gasteiger charge is -2.09. The van der Waals surface area contributed by atoms with E-state index in [2.05, 4.69) is 10.4 Å². The van der Waals surface area contributed by atoms with Crippen molar-refractivity contribution in [2.75, 3.05) is 0 Å². The number of halogens is 2. The molecular formula is C19H15Cl2N3O2. The zero-order valence-electron chi connectivity index (χ0n) is 13.7. The number of benzene rings is 2. The minimum atomic E-state index is -0.359. The quantitative estimate of drug-likeness (QED) is 0.727. The van der Waals surface area contributed by atoms with Crippen molar-refractivity contribution in [2.45, 2.75) is 13.1 Å². The predicted octanol–water partition coefficient (Wildman–Crippen LogP) is 3.53. The molecule has 0 aliphatic rings. The Morgan fingerprint density at radius 1 is 1.00 bits per heavy atom. The Hall–Kier alpha value is -2.63. The molecule has 132 valence electrons. The first-order chi connectivity index (χ1) is 12.5. The van der Waals surface area contributed by atoms with Gasteiger partial charge in [0.1, 0.15) is 6.54 Å². The molecule has 7 heteroatoms. The average molecular weight is 388 g/mol. The molecule has 0 unspecified atom stereocenters. The molecule has 3 rings (SSSR count). The van der Waals surface area contributed by atoms with Crippen molar-refractivity contribution in [1.29, 1.82) is 0 Å². The first kappa shape index (κ1) is 18.2. The molecule has 0 saturated heterocycles. The third-order valence-corrected chi connectivity index (χ3v) is 4.29. The second-order valence-corrected chi connectivity index (χ2v) is 6.44. The molecule has 2 aromatic carbocycles. The van der Waals surface area contributed by atoms with Gasteiger partial charge in [-0.2, -0.15) is 5.10 Å². The molecule has 0 saturated carbocycles. The highest BCUT2D eigenvalue weighted by molar-refractivity contribution is 6.33. The summed E-state index contributed by atoms with van der Waals surface area (Å²) in [4.78, 5) is 24.2. The van der Waals surface area contributed by atoms with E-state index in [4.69, 9.17) is 23.2 Å². The lowest BCUT2D eigenvalue weighted by Crippen LogP contribution is -2.33. The molecule has 1 N–H and O–H groups in total. The molecule has 0 atom stereocenters. The minimum Gasteiger partial charge on any atom is -0.350 e. The van der Waals surface area contributed by atoms with Gasteiger partial charge in [0.15, 0.2) is 0 Å². The second-order valence-electron chi connectivity index (χ2n) is 5.60. The SMILES string of the molecule is O=C(Cn1nc(-c2ccccc2Cl)ccc1=O)NCc1ccc(Cl)cc1. The van der Waals surface area contributed by atoms with E-state index in [9.17, 15) is 9.59 Å². The maximum Gasteiger partial charge on any atom is 0.267 e. The summed E-state index contributed by atoms with van der Waals surface area (Å²) >= 11 is 12.0.